The molecule has 0 aliphatic carbocycles. The van der Waals surface area contributed by atoms with Gasteiger partial charge in [0.1, 0.15) is 5.00 Å². The van der Waals surface area contributed by atoms with Crippen molar-refractivity contribution in [2.24, 2.45) is 5.73 Å². The van der Waals surface area contributed by atoms with Gasteiger partial charge in [-0.05, 0) is 24.4 Å². The number of hydrogen-bond donors (Lipinski definition) is 2. The second kappa shape index (κ2) is 6.23. The number of carbonyl (C=O) groups excluding carboxylic acids is 3. The number of primary amides is 1. The van der Waals surface area contributed by atoms with Crippen LogP contribution in [0.5, 0.6) is 0 Å². The fraction of sp³-hybridized carbons (Fsp3) is 0.154. The molecule has 0 bridgehead atoms. The molecule has 2 aromatic heterocycles. The first-order chi connectivity index (χ1) is 9.99. The molecule has 0 radical (unpaired) electrons. The van der Waals surface area contributed by atoms with Crippen LogP contribution in [0.15, 0.2) is 28.2 Å². The Morgan fingerprint density at radius 2 is 2.14 bits per heavy atom. The molecular formula is C13H12N2O5S. The number of rotatable bonds is 5. The third kappa shape index (κ3) is 3.48. The van der Waals surface area contributed by atoms with E-state index in [1.807, 2.05) is 0 Å². The van der Waals surface area contributed by atoms with E-state index >= 15 is 0 Å². The van der Waals surface area contributed by atoms with Crippen molar-refractivity contribution < 1.29 is 23.5 Å². The molecule has 2 heterocycles. The van der Waals surface area contributed by atoms with Gasteiger partial charge in [-0.2, -0.15) is 0 Å². The summed E-state index contributed by atoms with van der Waals surface area (Å²) in [6, 6.07) is 3.11. The molecule has 0 saturated carbocycles. The number of carbonyl (C=O) groups is 3. The van der Waals surface area contributed by atoms with Crippen molar-refractivity contribution in [2.75, 3.05) is 11.9 Å². The molecule has 110 valence electrons. The Kier molecular flexibility index (Phi) is 4.39. The van der Waals surface area contributed by atoms with E-state index in [2.05, 4.69) is 5.32 Å². The summed E-state index contributed by atoms with van der Waals surface area (Å²) in [4.78, 5) is 34.4. The van der Waals surface area contributed by atoms with Crippen LogP contribution < -0.4 is 11.1 Å². The van der Waals surface area contributed by atoms with Crippen molar-refractivity contribution >= 4 is 34.1 Å². The second-order valence-electron chi connectivity index (χ2n) is 4.08. The van der Waals surface area contributed by atoms with Gasteiger partial charge in [-0.25, -0.2) is 4.79 Å². The third-order valence-electron chi connectivity index (χ3n) is 2.57. The van der Waals surface area contributed by atoms with Gasteiger partial charge in [-0.3, -0.25) is 9.59 Å². The van der Waals surface area contributed by atoms with Crippen molar-refractivity contribution in [1.29, 1.82) is 0 Å². The highest BCUT2D eigenvalue weighted by Crippen LogP contribution is 2.22. The van der Waals surface area contributed by atoms with Gasteiger partial charge in [0.2, 0.25) is 5.76 Å². The van der Waals surface area contributed by atoms with Crippen LogP contribution in [0.1, 0.15) is 26.5 Å². The van der Waals surface area contributed by atoms with E-state index in [-0.39, 0.29) is 11.3 Å². The minimum absolute atomic E-state index is 0.0525. The Labute approximate surface area is 123 Å². The summed E-state index contributed by atoms with van der Waals surface area (Å²) in [5, 5.41) is 4.39. The Hall–Kier alpha value is -2.61. The van der Waals surface area contributed by atoms with Crippen LogP contribution in [0.25, 0.3) is 0 Å². The Balaban J connectivity index is 1.91. The quantitative estimate of drug-likeness (QED) is 0.814. The summed E-state index contributed by atoms with van der Waals surface area (Å²) < 4.78 is 9.77. The van der Waals surface area contributed by atoms with Crippen molar-refractivity contribution in [3.05, 3.63) is 40.7 Å². The van der Waals surface area contributed by atoms with Gasteiger partial charge in [0, 0.05) is 5.56 Å². The van der Waals surface area contributed by atoms with Gasteiger partial charge in [0.15, 0.2) is 6.61 Å². The molecule has 0 unspecified atom stereocenters. The Bertz CT molecular complexity index is 688. The Morgan fingerprint density at radius 1 is 1.38 bits per heavy atom. The van der Waals surface area contributed by atoms with Crippen molar-refractivity contribution in [3.8, 4) is 0 Å². The van der Waals surface area contributed by atoms with Crippen LogP contribution >= 0.6 is 11.3 Å². The first kappa shape index (κ1) is 14.8. The largest absolute Gasteiger partial charge is 0.457 e. The topological polar surface area (TPSA) is 112 Å². The molecule has 2 aromatic rings. The average Bonchev–Trinajstić information content (AvgIpc) is 3.04. The van der Waals surface area contributed by atoms with E-state index < -0.39 is 24.4 Å². The first-order valence-corrected chi connectivity index (χ1v) is 6.75. The maximum atomic E-state index is 11.7. The van der Waals surface area contributed by atoms with E-state index in [0.717, 1.165) is 11.3 Å². The zero-order chi connectivity index (χ0) is 15.4. The maximum Gasteiger partial charge on any atom is 0.375 e. The molecule has 0 saturated heterocycles. The van der Waals surface area contributed by atoms with Crippen LogP contribution in [-0.4, -0.2) is 24.4 Å². The van der Waals surface area contributed by atoms with Crippen molar-refractivity contribution in [1.82, 2.24) is 0 Å². The smallest absolute Gasteiger partial charge is 0.375 e. The summed E-state index contributed by atoms with van der Waals surface area (Å²) in [7, 11) is 0. The minimum Gasteiger partial charge on any atom is -0.457 e. The van der Waals surface area contributed by atoms with E-state index in [1.165, 1.54) is 12.3 Å². The van der Waals surface area contributed by atoms with Gasteiger partial charge < -0.3 is 20.2 Å². The van der Waals surface area contributed by atoms with Crippen LogP contribution in [0.4, 0.5) is 5.00 Å². The average molecular weight is 308 g/mol. The second-order valence-corrected chi connectivity index (χ2v) is 5.00. The van der Waals surface area contributed by atoms with Crippen LogP contribution in [-0.2, 0) is 9.53 Å². The normalized spacial score (nSPS) is 10.1. The summed E-state index contributed by atoms with van der Waals surface area (Å²) in [6.45, 7) is 1.19. The SMILES string of the molecule is Cc1ccoc1C(=O)OCC(=O)Nc1sccc1C(N)=O. The molecule has 0 aliphatic rings. The van der Waals surface area contributed by atoms with Gasteiger partial charge in [-0.15, -0.1) is 11.3 Å². The van der Waals surface area contributed by atoms with Crippen LogP contribution in [0, 0.1) is 6.92 Å². The fourth-order valence-electron chi connectivity index (χ4n) is 1.54. The van der Waals surface area contributed by atoms with E-state index in [1.54, 1.807) is 18.4 Å². The lowest BCUT2D eigenvalue weighted by Gasteiger charge is -2.05. The molecule has 21 heavy (non-hydrogen) atoms. The zero-order valence-corrected chi connectivity index (χ0v) is 11.9. The highest BCUT2D eigenvalue weighted by Gasteiger charge is 2.17. The van der Waals surface area contributed by atoms with Gasteiger partial charge in [-0.1, -0.05) is 0 Å². The predicted molar refractivity (Wildman–Crippen MR) is 75.2 cm³/mol. The summed E-state index contributed by atoms with van der Waals surface area (Å²) in [6.07, 6.45) is 1.36. The zero-order valence-electron chi connectivity index (χ0n) is 11.0. The molecule has 2 amide bonds. The van der Waals surface area contributed by atoms with Gasteiger partial charge in [0.05, 0.1) is 11.8 Å². The number of nitrogens with one attached hydrogen (secondary N) is 1. The molecule has 7 nitrogen and oxygen atoms in total. The summed E-state index contributed by atoms with van der Waals surface area (Å²) in [5.41, 5.74) is 5.99. The molecule has 3 N–H and O–H groups in total. The molecular weight excluding hydrogens is 296 g/mol. The molecule has 0 atom stereocenters. The van der Waals surface area contributed by atoms with E-state index in [9.17, 15) is 14.4 Å². The lowest BCUT2D eigenvalue weighted by molar-refractivity contribution is -0.119. The monoisotopic (exact) mass is 308 g/mol. The van der Waals surface area contributed by atoms with Crippen molar-refractivity contribution in [3.63, 3.8) is 0 Å². The van der Waals surface area contributed by atoms with Gasteiger partial charge in [0.25, 0.3) is 11.8 Å². The number of thiophene rings is 1. The standard InChI is InChI=1S/C13H12N2O5S/c1-7-2-4-19-10(7)13(18)20-6-9(16)15-12-8(11(14)17)3-5-21-12/h2-5H,6H2,1H3,(H2,14,17)(H,15,16). The highest BCUT2D eigenvalue weighted by molar-refractivity contribution is 7.14. The molecule has 2 rings (SSSR count). The number of anilines is 1. The Morgan fingerprint density at radius 3 is 2.76 bits per heavy atom. The summed E-state index contributed by atoms with van der Waals surface area (Å²) in [5.74, 6) is -1.89. The van der Waals surface area contributed by atoms with Gasteiger partial charge >= 0.3 is 5.97 Å². The lowest BCUT2D eigenvalue weighted by Crippen LogP contribution is -2.22. The fourth-order valence-corrected chi connectivity index (χ4v) is 2.35. The molecule has 0 spiro atoms. The number of esters is 1. The third-order valence-corrected chi connectivity index (χ3v) is 3.40. The number of furan rings is 1. The first-order valence-electron chi connectivity index (χ1n) is 5.87. The molecule has 0 aromatic carbocycles. The summed E-state index contributed by atoms with van der Waals surface area (Å²) >= 11 is 1.15. The molecule has 0 aliphatic heterocycles. The van der Waals surface area contributed by atoms with Crippen LogP contribution in [0.2, 0.25) is 0 Å². The van der Waals surface area contributed by atoms with E-state index in [4.69, 9.17) is 14.9 Å². The van der Waals surface area contributed by atoms with Crippen LogP contribution in [0.3, 0.4) is 0 Å². The number of aryl methyl sites for hydroxylation is 1. The maximum absolute atomic E-state index is 11.7. The minimum atomic E-state index is -0.728. The predicted octanol–water partition coefficient (Wildman–Crippen LogP) is 1.54. The molecule has 8 heteroatoms. The number of ether oxygens (including phenoxy) is 1. The van der Waals surface area contributed by atoms with E-state index in [0.29, 0.717) is 10.6 Å². The molecule has 0 fully saturated rings. The number of amides is 2. The number of nitrogens with two attached hydrogens (primary N) is 1. The van der Waals surface area contributed by atoms with Crippen molar-refractivity contribution in [2.45, 2.75) is 6.92 Å². The lowest BCUT2D eigenvalue weighted by atomic mass is 10.3. The number of hydrogen-bond acceptors (Lipinski definition) is 6. The highest BCUT2D eigenvalue weighted by atomic mass is 32.1.